The van der Waals surface area contributed by atoms with Gasteiger partial charge in [0.15, 0.2) is 23.3 Å². The molecule has 1 N–H and O–H groups in total. The number of halogens is 4. The number of hydrogen-bond acceptors (Lipinski definition) is 2. The lowest BCUT2D eigenvalue weighted by Gasteiger charge is -2.13. The average molecular weight is 361 g/mol. The summed E-state index contributed by atoms with van der Waals surface area (Å²) < 4.78 is 55.7. The molecule has 132 valence electrons. The molecular formula is C19H11F4NO2. The van der Waals surface area contributed by atoms with Crippen molar-refractivity contribution in [1.82, 2.24) is 4.98 Å². The van der Waals surface area contributed by atoms with Crippen molar-refractivity contribution in [3.8, 4) is 22.4 Å². The normalized spacial score (nSPS) is 10.8. The second-order valence-corrected chi connectivity index (χ2v) is 5.51. The van der Waals surface area contributed by atoms with Gasteiger partial charge in [0, 0.05) is 22.9 Å². The van der Waals surface area contributed by atoms with Gasteiger partial charge in [-0.05, 0) is 29.8 Å². The molecule has 0 bridgehead atoms. The van der Waals surface area contributed by atoms with Gasteiger partial charge in [-0.25, -0.2) is 17.6 Å². The van der Waals surface area contributed by atoms with Gasteiger partial charge in [0.2, 0.25) is 0 Å². The van der Waals surface area contributed by atoms with Crippen LogP contribution in [0.1, 0.15) is 5.56 Å². The number of aliphatic carboxylic acids is 1. The molecule has 3 rings (SSSR count). The van der Waals surface area contributed by atoms with Crippen LogP contribution in [-0.4, -0.2) is 16.1 Å². The van der Waals surface area contributed by atoms with E-state index in [0.29, 0.717) is 0 Å². The first-order chi connectivity index (χ1) is 12.4. The average Bonchev–Trinajstić information content (AvgIpc) is 2.59. The van der Waals surface area contributed by atoms with E-state index in [1.165, 1.54) is 36.5 Å². The summed E-state index contributed by atoms with van der Waals surface area (Å²) in [5.74, 6) is -5.78. The molecule has 0 fully saturated rings. The first-order valence-electron chi connectivity index (χ1n) is 7.48. The van der Waals surface area contributed by atoms with Crippen molar-refractivity contribution in [2.75, 3.05) is 0 Å². The lowest BCUT2D eigenvalue weighted by Crippen LogP contribution is -2.03. The van der Waals surface area contributed by atoms with E-state index >= 15 is 0 Å². The van der Waals surface area contributed by atoms with E-state index in [2.05, 4.69) is 4.98 Å². The Morgan fingerprint density at radius 1 is 0.885 bits per heavy atom. The van der Waals surface area contributed by atoms with E-state index in [0.717, 1.165) is 12.1 Å². The van der Waals surface area contributed by atoms with Crippen LogP contribution in [0, 0.1) is 23.3 Å². The molecular weight excluding hydrogens is 350 g/mol. The predicted octanol–water partition coefficient (Wildman–Crippen LogP) is 4.60. The Balaban J connectivity index is 2.29. The minimum Gasteiger partial charge on any atom is -0.481 e. The molecule has 0 amide bonds. The van der Waals surface area contributed by atoms with E-state index in [1.54, 1.807) is 0 Å². The number of aromatic nitrogens is 1. The van der Waals surface area contributed by atoms with Gasteiger partial charge in [0.25, 0.3) is 0 Å². The summed E-state index contributed by atoms with van der Waals surface area (Å²) in [7, 11) is 0. The SMILES string of the molecule is O=C(O)Cc1cnc(-c2cccc(F)c2F)c(-c2cccc(F)c2F)c1. The van der Waals surface area contributed by atoms with Crippen molar-refractivity contribution in [3.63, 3.8) is 0 Å². The van der Waals surface area contributed by atoms with Crippen molar-refractivity contribution < 1.29 is 27.5 Å². The molecule has 1 heterocycles. The van der Waals surface area contributed by atoms with E-state index in [-0.39, 0.29) is 27.9 Å². The van der Waals surface area contributed by atoms with Crippen LogP contribution >= 0.6 is 0 Å². The van der Waals surface area contributed by atoms with Gasteiger partial charge in [0.05, 0.1) is 12.1 Å². The Morgan fingerprint density at radius 2 is 1.46 bits per heavy atom. The van der Waals surface area contributed by atoms with E-state index in [4.69, 9.17) is 5.11 Å². The Labute approximate surface area is 145 Å². The summed E-state index contributed by atoms with van der Waals surface area (Å²) in [6, 6.07) is 8.11. The van der Waals surface area contributed by atoms with Crippen LogP contribution in [-0.2, 0) is 11.2 Å². The summed E-state index contributed by atoms with van der Waals surface area (Å²) >= 11 is 0. The fourth-order valence-corrected chi connectivity index (χ4v) is 2.60. The maximum Gasteiger partial charge on any atom is 0.307 e. The number of benzene rings is 2. The Bertz CT molecular complexity index is 1000. The molecule has 0 radical (unpaired) electrons. The van der Waals surface area contributed by atoms with Crippen LogP contribution < -0.4 is 0 Å². The van der Waals surface area contributed by atoms with E-state index in [9.17, 15) is 22.4 Å². The van der Waals surface area contributed by atoms with Gasteiger partial charge in [-0.2, -0.15) is 0 Å². The molecule has 0 aliphatic heterocycles. The van der Waals surface area contributed by atoms with Gasteiger partial charge in [-0.15, -0.1) is 0 Å². The van der Waals surface area contributed by atoms with Crippen LogP contribution in [0.25, 0.3) is 22.4 Å². The van der Waals surface area contributed by atoms with Gasteiger partial charge < -0.3 is 5.11 Å². The van der Waals surface area contributed by atoms with Crippen molar-refractivity contribution in [2.45, 2.75) is 6.42 Å². The van der Waals surface area contributed by atoms with Crippen LogP contribution in [0.5, 0.6) is 0 Å². The molecule has 0 atom stereocenters. The largest absolute Gasteiger partial charge is 0.481 e. The molecule has 0 saturated carbocycles. The highest BCUT2D eigenvalue weighted by molar-refractivity contribution is 5.82. The highest BCUT2D eigenvalue weighted by Gasteiger charge is 2.20. The summed E-state index contributed by atoms with van der Waals surface area (Å²) in [5, 5.41) is 8.92. The number of carbonyl (C=O) groups is 1. The highest BCUT2D eigenvalue weighted by atomic mass is 19.2. The van der Waals surface area contributed by atoms with Crippen molar-refractivity contribution in [2.24, 2.45) is 0 Å². The summed E-state index contributed by atoms with van der Waals surface area (Å²) in [4.78, 5) is 14.9. The minimum absolute atomic E-state index is 0.0368. The summed E-state index contributed by atoms with van der Waals surface area (Å²) in [6.45, 7) is 0. The van der Waals surface area contributed by atoms with Gasteiger partial charge in [-0.1, -0.05) is 18.2 Å². The van der Waals surface area contributed by atoms with Crippen LogP contribution in [0.3, 0.4) is 0 Å². The molecule has 0 aliphatic rings. The second kappa shape index (κ2) is 6.95. The van der Waals surface area contributed by atoms with Crippen molar-refractivity contribution in [1.29, 1.82) is 0 Å². The summed E-state index contributed by atoms with van der Waals surface area (Å²) in [5.41, 5.74) is -0.434. The van der Waals surface area contributed by atoms with E-state index < -0.39 is 35.7 Å². The van der Waals surface area contributed by atoms with Crippen LogP contribution in [0.2, 0.25) is 0 Å². The first-order valence-corrected chi connectivity index (χ1v) is 7.48. The number of carboxylic acid groups (broad SMARTS) is 1. The van der Waals surface area contributed by atoms with Crippen LogP contribution in [0.15, 0.2) is 48.7 Å². The monoisotopic (exact) mass is 361 g/mol. The number of nitrogens with zero attached hydrogens (tertiary/aromatic N) is 1. The fraction of sp³-hybridized carbons (Fsp3) is 0.0526. The third-order valence-electron chi connectivity index (χ3n) is 3.75. The maximum atomic E-state index is 14.3. The second-order valence-electron chi connectivity index (χ2n) is 5.51. The molecule has 2 aromatic carbocycles. The quantitative estimate of drug-likeness (QED) is 0.691. The predicted molar refractivity (Wildman–Crippen MR) is 86.3 cm³/mol. The zero-order chi connectivity index (χ0) is 18.8. The number of pyridine rings is 1. The molecule has 0 spiro atoms. The van der Waals surface area contributed by atoms with E-state index in [1.807, 2.05) is 0 Å². The molecule has 0 saturated heterocycles. The van der Waals surface area contributed by atoms with Crippen molar-refractivity contribution in [3.05, 3.63) is 77.5 Å². The van der Waals surface area contributed by atoms with Gasteiger partial charge >= 0.3 is 5.97 Å². The topological polar surface area (TPSA) is 50.2 Å². The Kier molecular flexibility index (Phi) is 4.71. The van der Waals surface area contributed by atoms with Crippen molar-refractivity contribution >= 4 is 5.97 Å². The minimum atomic E-state index is -1.19. The Morgan fingerprint density at radius 3 is 2.08 bits per heavy atom. The first kappa shape index (κ1) is 17.6. The molecule has 0 aliphatic carbocycles. The lowest BCUT2D eigenvalue weighted by molar-refractivity contribution is -0.136. The molecule has 26 heavy (non-hydrogen) atoms. The molecule has 3 aromatic rings. The third-order valence-corrected chi connectivity index (χ3v) is 3.75. The lowest BCUT2D eigenvalue weighted by atomic mass is 9.96. The number of carboxylic acids is 1. The number of rotatable bonds is 4. The smallest absolute Gasteiger partial charge is 0.307 e. The molecule has 1 aromatic heterocycles. The molecule has 3 nitrogen and oxygen atoms in total. The zero-order valence-electron chi connectivity index (χ0n) is 13.1. The highest BCUT2D eigenvalue weighted by Crippen LogP contribution is 2.35. The Hall–Kier alpha value is -3.22. The van der Waals surface area contributed by atoms with Gasteiger partial charge in [-0.3, -0.25) is 9.78 Å². The fourth-order valence-electron chi connectivity index (χ4n) is 2.60. The summed E-state index contributed by atoms with van der Waals surface area (Å²) in [6.07, 6.45) is 0.761. The van der Waals surface area contributed by atoms with Crippen LogP contribution in [0.4, 0.5) is 17.6 Å². The third kappa shape index (κ3) is 3.28. The molecule has 0 unspecified atom stereocenters. The zero-order valence-corrected chi connectivity index (χ0v) is 13.1. The maximum absolute atomic E-state index is 14.3. The van der Waals surface area contributed by atoms with Gasteiger partial charge in [0.1, 0.15) is 0 Å². The standard InChI is InChI=1S/C19H11F4NO2/c20-14-5-1-3-11(17(14)22)13-7-10(8-16(25)26)9-24-19(13)12-4-2-6-15(21)18(12)23/h1-7,9H,8H2,(H,25,26). The number of hydrogen-bond donors (Lipinski definition) is 1. The molecule has 7 heteroatoms.